The van der Waals surface area contributed by atoms with Crippen LogP contribution in [-0.2, 0) is 34.4 Å². The van der Waals surface area contributed by atoms with E-state index in [1.54, 1.807) is 17.8 Å². The lowest BCUT2D eigenvalue weighted by Gasteiger charge is -2.16. The van der Waals surface area contributed by atoms with Crippen LogP contribution in [-0.4, -0.2) is 61.8 Å². The van der Waals surface area contributed by atoms with Gasteiger partial charge in [-0.2, -0.15) is 10.2 Å². The van der Waals surface area contributed by atoms with Gasteiger partial charge < -0.3 is 15.4 Å². The SMILES string of the molecule is CNC=O.O=C(Nc1cccc2c(OC(=O)C(Cl)Cl)c(N=Nc3ccc(S(=O)(=O)Nc4nccs4)cc3)cc(N=Nc3ccc(S(=O)(=O)Nc4nccs4)cc3)c12)C(Cl)Cl. The third-order valence-electron chi connectivity index (χ3n) is 7.17. The Morgan fingerprint density at radius 1 is 0.733 bits per heavy atom. The summed E-state index contributed by atoms with van der Waals surface area (Å²) >= 11 is 25.5. The number of fused-ring (bicyclic) bond motifs is 1. The molecule has 0 fully saturated rings. The van der Waals surface area contributed by atoms with Crippen LogP contribution in [0.5, 0.6) is 5.75 Å². The van der Waals surface area contributed by atoms with E-state index in [0.717, 1.165) is 22.7 Å². The fourth-order valence-electron chi connectivity index (χ4n) is 4.62. The minimum absolute atomic E-state index is 0.0514. The standard InChI is InChI=1S/C32H21Cl4N9O7S4.C2H5NO/c33-27(34)29(46)39-22-3-1-2-21-25(22)23(42-40-17-4-8-19(9-5-17)55(48,49)44-31-37-12-14-53-31)16-24(26(21)52-30(47)28(35)36)43-41-18-6-10-20(11-7-18)56(50,51)45-32-38-13-15-54-32;1-3-2-4/h1-16,27-28H,(H,37,44)(H,38,45)(H,39,46);2H,1H3,(H,3,4). The first-order chi connectivity index (χ1) is 28.6. The number of rotatable bonds is 15. The maximum atomic E-state index is 12.8. The lowest BCUT2D eigenvalue weighted by atomic mass is 10.0. The topological polar surface area (TPSA) is 252 Å². The van der Waals surface area contributed by atoms with Crippen molar-refractivity contribution in [2.24, 2.45) is 20.5 Å². The molecule has 0 aliphatic heterocycles. The molecule has 6 rings (SSSR count). The van der Waals surface area contributed by atoms with Gasteiger partial charge in [0.1, 0.15) is 5.69 Å². The van der Waals surface area contributed by atoms with Crippen molar-refractivity contribution < 1.29 is 36.0 Å². The van der Waals surface area contributed by atoms with E-state index < -0.39 is 41.6 Å². The van der Waals surface area contributed by atoms with Gasteiger partial charge >= 0.3 is 5.97 Å². The summed E-state index contributed by atoms with van der Waals surface area (Å²) in [6, 6.07) is 16.7. The van der Waals surface area contributed by atoms with E-state index in [0.29, 0.717) is 6.41 Å². The van der Waals surface area contributed by atoms with Crippen molar-refractivity contribution in [1.29, 1.82) is 0 Å². The minimum Gasteiger partial charge on any atom is -0.421 e. The molecule has 0 spiro atoms. The van der Waals surface area contributed by atoms with Gasteiger partial charge in [-0.05, 0) is 60.7 Å². The molecule has 0 aliphatic rings. The maximum absolute atomic E-state index is 12.8. The van der Waals surface area contributed by atoms with Crippen LogP contribution in [0.4, 0.5) is 38.7 Å². The smallest absolute Gasteiger partial charge is 0.344 e. The van der Waals surface area contributed by atoms with Gasteiger partial charge in [-0.3, -0.25) is 19.0 Å². The molecule has 4 aromatic carbocycles. The van der Waals surface area contributed by atoms with E-state index in [1.165, 1.54) is 85.2 Å². The number of esters is 1. The number of hydrogen-bond acceptors (Lipinski definition) is 16. The van der Waals surface area contributed by atoms with Crippen molar-refractivity contribution >= 4 is 157 Å². The molecule has 6 aromatic rings. The molecular formula is C34H26Cl4N10O8S4. The van der Waals surface area contributed by atoms with Crippen molar-refractivity contribution in [2.75, 3.05) is 21.8 Å². The first kappa shape index (κ1) is 45.7. The van der Waals surface area contributed by atoms with Gasteiger partial charge in [-0.15, -0.1) is 32.9 Å². The molecule has 0 atom stereocenters. The molecule has 0 bridgehead atoms. The van der Waals surface area contributed by atoms with Gasteiger partial charge in [0.25, 0.3) is 26.0 Å². The second kappa shape index (κ2) is 20.8. The Hall–Kier alpha value is -5.33. The Morgan fingerprint density at radius 3 is 1.67 bits per heavy atom. The van der Waals surface area contributed by atoms with Gasteiger partial charge in [-0.1, -0.05) is 58.5 Å². The van der Waals surface area contributed by atoms with Gasteiger partial charge in [0.05, 0.1) is 32.5 Å². The number of hydrogen-bond donors (Lipinski definition) is 4. The number of halogens is 4. The van der Waals surface area contributed by atoms with Crippen LogP contribution in [0.3, 0.4) is 0 Å². The predicted octanol–water partition coefficient (Wildman–Crippen LogP) is 9.00. The van der Waals surface area contributed by atoms with Crippen LogP contribution < -0.4 is 24.8 Å². The number of anilines is 3. The van der Waals surface area contributed by atoms with Crippen LogP contribution >= 0.6 is 69.1 Å². The zero-order valence-corrected chi connectivity index (χ0v) is 36.4. The molecule has 2 heterocycles. The molecule has 18 nitrogen and oxygen atoms in total. The number of thiazole rings is 2. The number of nitrogens with one attached hydrogen (secondary N) is 4. The van der Waals surface area contributed by atoms with Crippen LogP contribution in [0.2, 0.25) is 0 Å². The molecule has 0 saturated heterocycles. The van der Waals surface area contributed by atoms with Crippen molar-refractivity contribution in [3.8, 4) is 5.75 Å². The zero-order valence-electron chi connectivity index (χ0n) is 30.1. The van der Waals surface area contributed by atoms with E-state index in [9.17, 15) is 26.4 Å². The summed E-state index contributed by atoms with van der Waals surface area (Å²) in [5.41, 5.74) is 0.499. The van der Waals surface area contributed by atoms with Crippen molar-refractivity contribution in [1.82, 2.24) is 15.3 Å². The average molecular weight is 973 g/mol. The normalized spacial score (nSPS) is 11.7. The van der Waals surface area contributed by atoms with Crippen LogP contribution in [0.1, 0.15) is 0 Å². The number of aromatic nitrogens is 2. The second-order valence-electron chi connectivity index (χ2n) is 11.2. The molecule has 2 aromatic heterocycles. The highest BCUT2D eigenvalue weighted by molar-refractivity contribution is 7.93. The molecule has 312 valence electrons. The van der Waals surface area contributed by atoms with E-state index >= 15 is 0 Å². The number of azo groups is 2. The van der Waals surface area contributed by atoms with Crippen LogP contribution in [0.15, 0.2) is 126 Å². The molecule has 0 aliphatic carbocycles. The molecule has 0 radical (unpaired) electrons. The average Bonchev–Trinajstić information content (AvgIpc) is 3.94. The highest BCUT2D eigenvalue weighted by Crippen LogP contribution is 2.46. The summed E-state index contributed by atoms with van der Waals surface area (Å²) in [5, 5.41) is 25.9. The fraction of sp³-hybridized carbons (Fsp3) is 0.0882. The first-order valence-corrected chi connectivity index (χ1v) is 22.8. The number of carbonyl (C=O) groups excluding carboxylic acids is 3. The highest BCUT2D eigenvalue weighted by atomic mass is 35.5. The lowest BCUT2D eigenvalue weighted by molar-refractivity contribution is -0.132. The number of ether oxygens (including phenoxy) is 1. The molecule has 60 heavy (non-hydrogen) atoms. The van der Waals surface area contributed by atoms with Crippen LogP contribution in [0.25, 0.3) is 10.8 Å². The predicted molar refractivity (Wildman–Crippen MR) is 231 cm³/mol. The summed E-state index contributed by atoms with van der Waals surface area (Å²) in [7, 11) is -6.34. The van der Waals surface area contributed by atoms with Gasteiger partial charge in [0, 0.05) is 41.0 Å². The lowest BCUT2D eigenvalue weighted by Crippen LogP contribution is -2.19. The Morgan fingerprint density at radius 2 is 1.23 bits per heavy atom. The zero-order chi connectivity index (χ0) is 43.5. The summed E-state index contributed by atoms with van der Waals surface area (Å²) < 4.78 is 61.6. The van der Waals surface area contributed by atoms with Crippen molar-refractivity contribution in [3.63, 3.8) is 0 Å². The summed E-state index contributed by atoms with van der Waals surface area (Å²) in [6.07, 6.45) is 3.54. The molecule has 2 amide bonds. The Bertz CT molecular complexity index is 2740. The Kier molecular flexibility index (Phi) is 15.8. The van der Waals surface area contributed by atoms with Gasteiger partial charge in [-0.25, -0.2) is 31.6 Å². The van der Waals surface area contributed by atoms with Gasteiger partial charge in [0.2, 0.25) is 11.2 Å². The van der Waals surface area contributed by atoms with Crippen molar-refractivity contribution in [2.45, 2.75) is 19.5 Å². The van der Waals surface area contributed by atoms with E-state index in [2.05, 4.69) is 50.5 Å². The van der Waals surface area contributed by atoms with Gasteiger partial charge in [0.15, 0.2) is 20.8 Å². The molecule has 4 N–H and O–H groups in total. The Labute approximate surface area is 369 Å². The fourth-order valence-corrected chi connectivity index (χ4v) is 8.40. The van der Waals surface area contributed by atoms with Crippen LogP contribution in [0, 0.1) is 0 Å². The maximum Gasteiger partial charge on any atom is 0.344 e. The molecular weight excluding hydrogens is 947 g/mol. The summed E-state index contributed by atoms with van der Waals surface area (Å²) in [6.45, 7) is 0. The van der Waals surface area contributed by atoms with Crippen molar-refractivity contribution in [3.05, 3.63) is 96.0 Å². The number of sulfonamides is 2. The molecule has 26 heteroatoms. The third kappa shape index (κ3) is 12.1. The molecule has 0 unspecified atom stereocenters. The summed E-state index contributed by atoms with van der Waals surface area (Å²) in [5.74, 6) is -2.06. The van der Waals surface area contributed by atoms with E-state index in [-0.39, 0.29) is 65.0 Å². The van der Waals surface area contributed by atoms with E-state index in [4.69, 9.17) is 55.9 Å². The number of amides is 2. The minimum atomic E-state index is -3.95. The number of nitrogens with zero attached hydrogens (tertiary/aromatic N) is 6. The highest BCUT2D eigenvalue weighted by Gasteiger charge is 2.24. The number of benzene rings is 4. The second-order valence-corrected chi connectivity index (χ2v) is 18.5. The third-order valence-corrected chi connectivity index (χ3v) is 12.3. The Balaban J connectivity index is 0.00000163. The quantitative estimate of drug-likeness (QED) is 0.0250. The largest absolute Gasteiger partial charge is 0.421 e. The molecule has 0 saturated carbocycles. The first-order valence-electron chi connectivity index (χ1n) is 16.3. The monoisotopic (exact) mass is 970 g/mol. The summed E-state index contributed by atoms with van der Waals surface area (Å²) in [4.78, 5) is 39.1. The number of carbonyl (C=O) groups is 3. The van der Waals surface area contributed by atoms with E-state index in [1.807, 2.05) is 0 Å². The number of alkyl halides is 4.